The highest BCUT2D eigenvalue weighted by atomic mass is 35.5. The molecule has 0 unspecified atom stereocenters. The maximum atomic E-state index is 13.0. The highest BCUT2D eigenvalue weighted by molar-refractivity contribution is 6.35. The molecule has 1 heterocycles. The molecular weight excluding hydrogens is 447 g/mol. The van der Waals surface area contributed by atoms with E-state index in [-0.39, 0.29) is 5.91 Å². The minimum absolute atomic E-state index is 0.0162. The van der Waals surface area contributed by atoms with Gasteiger partial charge in [0, 0.05) is 34.3 Å². The van der Waals surface area contributed by atoms with E-state index in [9.17, 15) is 9.59 Å². The highest BCUT2D eigenvalue weighted by Crippen LogP contribution is 2.42. The Morgan fingerprint density at radius 1 is 0.875 bits per heavy atom. The van der Waals surface area contributed by atoms with E-state index in [1.165, 1.54) is 0 Å². The highest BCUT2D eigenvalue weighted by Gasteiger charge is 2.27. The van der Waals surface area contributed by atoms with Crippen LogP contribution >= 0.6 is 23.2 Å². The fourth-order valence-corrected chi connectivity index (χ4v) is 4.99. The summed E-state index contributed by atoms with van der Waals surface area (Å²) in [4.78, 5) is 27.1. The van der Waals surface area contributed by atoms with Gasteiger partial charge in [0.25, 0.3) is 5.91 Å². The molecule has 1 aliphatic carbocycles. The van der Waals surface area contributed by atoms with E-state index in [1.54, 1.807) is 29.2 Å². The van der Waals surface area contributed by atoms with Gasteiger partial charge in [-0.3, -0.25) is 9.59 Å². The Kier molecular flexibility index (Phi) is 5.41. The van der Waals surface area contributed by atoms with Crippen molar-refractivity contribution in [2.45, 2.75) is 6.42 Å². The molecule has 3 aromatic carbocycles. The van der Waals surface area contributed by atoms with Crippen molar-refractivity contribution in [1.29, 1.82) is 0 Å². The lowest BCUT2D eigenvalue weighted by molar-refractivity contribution is 0.0303. The smallest absolute Gasteiger partial charge is 0.254 e. The van der Waals surface area contributed by atoms with Crippen LogP contribution in [0.1, 0.15) is 31.8 Å². The van der Waals surface area contributed by atoms with Gasteiger partial charge < -0.3 is 15.4 Å². The lowest BCUT2D eigenvalue weighted by Gasteiger charge is -2.27. The van der Waals surface area contributed by atoms with E-state index in [4.69, 9.17) is 33.7 Å². The van der Waals surface area contributed by atoms with Crippen LogP contribution in [0.3, 0.4) is 0 Å². The molecule has 0 bridgehead atoms. The van der Waals surface area contributed by atoms with Crippen LogP contribution in [0.15, 0.2) is 48.5 Å². The Labute approximate surface area is 195 Å². The molecule has 3 aromatic rings. The molecule has 162 valence electrons. The molecule has 2 amide bonds. The third-order valence-corrected chi connectivity index (χ3v) is 6.46. The summed E-state index contributed by atoms with van der Waals surface area (Å²) in [6, 6.07) is 14.8. The van der Waals surface area contributed by atoms with Gasteiger partial charge in [-0.2, -0.15) is 0 Å². The molecule has 1 aliphatic heterocycles. The topological polar surface area (TPSA) is 72.6 Å². The number of hydrogen-bond acceptors (Lipinski definition) is 3. The maximum absolute atomic E-state index is 13.0. The summed E-state index contributed by atoms with van der Waals surface area (Å²) in [5.74, 6) is -0.508. The first-order valence-electron chi connectivity index (χ1n) is 10.3. The van der Waals surface area contributed by atoms with Crippen LogP contribution in [0.4, 0.5) is 0 Å². The van der Waals surface area contributed by atoms with Gasteiger partial charge in [0.1, 0.15) is 0 Å². The first-order valence-corrected chi connectivity index (χ1v) is 11.1. The quantitative estimate of drug-likeness (QED) is 0.471. The normalized spacial score (nSPS) is 14.8. The molecule has 1 fully saturated rings. The molecule has 0 spiro atoms. The largest absolute Gasteiger partial charge is 0.378 e. The Morgan fingerprint density at radius 2 is 1.56 bits per heavy atom. The molecule has 0 saturated carbocycles. The molecule has 2 N–H and O–H groups in total. The summed E-state index contributed by atoms with van der Waals surface area (Å²) < 4.78 is 5.36. The van der Waals surface area contributed by atoms with Gasteiger partial charge >= 0.3 is 0 Å². The number of carbonyl (C=O) groups excluding carboxylic acids is 2. The maximum Gasteiger partial charge on any atom is 0.254 e. The Balaban J connectivity index is 1.62. The van der Waals surface area contributed by atoms with E-state index >= 15 is 0 Å². The van der Waals surface area contributed by atoms with Crippen molar-refractivity contribution in [1.82, 2.24) is 4.90 Å². The minimum Gasteiger partial charge on any atom is -0.378 e. The average molecular weight is 467 g/mol. The van der Waals surface area contributed by atoms with Gasteiger partial charge in [0.15, 0.2) is 0 Å². The predicted molar refractivity (Wildman–Crippen MR) is 125 cm³/mol. The van der Waals surface area contributed by atoms with Crippen LogP contribution < -0.4 is 5.73 Å². The van der Waals surface area contributed by atoms with Crippen LogP contribution in [-0.2, 0) is 11.2 Å². The summed E-state index contributed by atoms with van der Waals surface area (Å²) in [7, 11) is 0. The number of ether oxygens (including phenoxy) is 1. The van der Waals surface area contributed by atoms with E-state index in [0.717, 1.165) is 33.4 Å². The minimum atomic E-state index is -0.492. The second-order valence-corrected chi connectivity index (χ2v) is 8.90. The van der Waals surface area contributed by atoms with E-state index < -0.39 is 5.91 Å². The number of amides is 2. The zero-order chi connectivity index (χ0) is 22.4. The summed E-state index contributed by atoms with van der Waals surface area (Å²) in [6.45, 7) is 2.26. The number of hydrogen-bond donors (Lipinski definition) is 1. The number of carbonyl (C=O) groups is 2. The standard InChI is InChI=1S/C25H20Cl2N2O3/c26-18-7-16(8-19(27)13-18)17-11-21-20-10-15(25(31)29-3-5-32-6-4-29)2-1-14(20)9-22(21)23(12-17)24(28)30/h1-2,7-8,10-13H,3-6,9H2,(H2,28,30). The summed E-state index contributed by atoms with van der Waals surface area (Å²) >= 11 is 12.4. The Hall–Kier alpha value is -2.86. The molecule has 7 heteroatoms. The second kappa shape index (κ2) is 8.24. The molecular formula is C25H20Cl2N2O3. The van der Waals surface area contributed by atoms with Crippen LogP contribution in [0.2, 0.25) is 10.0 Å². The lowest BCUT2D eigenvalue weighted by atomic mass is 9.93. The number of morpholine rings is 1. The third-order valence-electron chi connectivity index (χ3n) is 6.02. The summed E-state index contributed by atoms with van der Waals surface area (Å²) in [6.07, 6.45) is 0.589. The monoisotopic (exact) mass is 466 g/mol. The van der Waals surface area contributed by atoms with Crippen molar-refractivity contribution in [3.05, 3.63) is 80.8 Å². The van der Waals surface area contributed by atoms with Crippen molar-refractivity contribution in [3.63, 3.8) is 0 Å². The molecule has 2 aliphatic rings. The number of nitrogens with zero attached hydrogens (tertiary/aromatic N) is 1. The van der Waals surface area contributed by atoms with Crippen molar-refractivity contribution in [2.75, 3.05) is 26.3 Å². The van der Waals surface area contributed by atoms with Gasteiger partial charge in [0.05, 0.1) is 13.2 Å². The first kappa shape index (κ1) is 21.0. The molecule has 5 nitrogen and oxygen atoms in total. The zero-order valence-electron chi connectivity index (χ0n) is 17.2. The lowest BCUT2D eigenvalue weighted by Crippen LogP contribution is -2.40. The molecule has 0 radical (unpaired) electrons. The van der Waals surface area contributed by atoms with Crippen LogP contribution in [0.5, 0.6) is 0 Å². The fraction of sp³-hybridized carbons (Fsp3) is 0.200. The molecule has 5 rings (SSSR count). The Morgan fingerprint density at radius 3 is 2.25 bits per heavy atom. The number of benzene rings is 3. The summed E-state index contributed by atoms with van der Waals surface area (Å²) in [5.41, 5.74) is 12.2. The van der Waals surface area contributed by atoms with Gasteiger partial charge in [-0.1, -0.05) is 29.3 Å². The molecule has 0 atom stereocenters. The molecule has 0 aromatic heterocycles. The zero-order valence-corrected chi connectivity index (χ0v) is 18.7. The van der Waals surface area contributed by atoms with Crippen LogP contribution in [-0.4, -0.2) is 43.0 Å². The predicted octanol–water partition coefficient (Wildman–Crippen LogP) is 4.80. The molecule has 32 heavy (non-hydrogen) atoms. The SMILES string of the molecule is NC(=O)c1cc(-c2cc(Cl)cc(Cl)c2)cc2c1Cc1ccc(C(=O)N3CCOCC3)cc1-2. The van der Waals surface area contributed by atoms with Crippen LogP contribution in [0, 0.1) is 0 Å². The van der Waals surface area contributed by atoms with E-state index in [1.807, 2.05) is 24.3 Å². The number of fused-ring (bicyclic) bond motifs is 3. The Bertz CT molecular complexity index is 1250. The number of rotatable bonds is 3. The average Bonchev–Trinajstić information content (AvgIpc) is 3.15. The van der Waals surface area contributed by atoms with Crippen molar-refractivity contribution in [3.8, 4) is 22.3 Å². The molecule has 1 saturated heterocycles. The second-order valence-electron chi connectivity index (χ2n) is 8.03. The van der Waals surface area contributed by atoms with Gasteiger partial charge in [0.2, 0.25) is 5.91 Å². The van der Waals surface area contributed by atoms with Gasteiger partial charge in [-0.15, -0.1) is 0 Å². The van der Waals surface area contributed by atoms with Gasteiger partial charge in [-0.25, -0.2) is 0 Å². The number of halogens is 2. The number of nitrogens with two attached hydrogens (primary N) is 1. The van der Waals surface area contributed by atoms with E-state index in [0.29, 0.717) is 53.9 Å². The van der Waals surface area contributed by atoms with E-state index in [2.05, 4.69) is 0 Å². The summed E-state index contributed by atoms with van der Waals surface area (Å²) in [5, 5.41) is 1.01. The van der Waals surface area contributed by atoms with Gasteiger partial charge in [-0.05, 0) is 82.3 Å². The van der Waals surface area contributed by atoms with Crippen molar-refractivity contribution >= 4 is 35.0 Å². The first-order chi connectivity index (χ1) is 15.4. The van der Waals surface area contributed by atoms with Crippen molar-refractivity contribution < 1.29 is 14.3 Å². The third kappa shape index (κ3) is 3.77. The fourth-order valence-electron chi connectivity index (χ4n) is 4.46. The number of primary amides is 1. The van der Waals surface area contributed by atoms with Crippen LogP contribution in [0.25, 0.3) is 22.3 Å². The van der Waals surface area contributed by atoms with Crippen molar-refractivity contribution in [2.24, 2.45) is 5.73 Å².